The molecule has 1 rings (SSSR count). The van der Waals surface area contributed by atoms with E-state index >= 15 is 0 Å². The fraction of sp³-hybridized carbons (Fsp3) is 0.400. The third-order valence-corrected chi connectivity index (χ3v) is 2.20. The minimum absolute atomic E-state index is 0.431. The van der Waals surface area contributed by atoms with Crippen LogP contribution in [0.1, 0.15) is 6.92 Å². The van der Waals surface area contributed by atoms with Gasteiger partial charge in [0.1, 0.15) is 0 Å². The normalized spacial score (nSPS) is 28.3. The molecule has 1 nitrogen and oxygen atoms in total. The molecule has 0 spiro atoms. The van der Waals surface area contributed by atoms with Gasteiger partial charge in [-0.3, -0.25) is 4.99 Å². The molecular formula is C5H6IN. The highest BCUT2D eigenvalue weighted by molar-refractivity contribution is 14.1. The maximum Gasteiger partial charge on any atom is 0.0778 e. The summed E-state index contributed by atoms with van der Waals surface area (Å²) in [6, 6.07) is 0.431. The molecule has 0 saturated heterocycles. The lowest BCUT2D eigenvalue weighted by Crippen LogP contribution is -1.89. The van der Waals surface area contributed by atoms with E-state index in [2.05, 4.69) is 34.5 Å². The Hall–Kier alpha value is 0.140. The van der Waals surface area contributed by atoms with Crippen molar-refractivity contribution >= 4 is 28.8 Å². The molecule has 0 aromatic carbocycles. The zero-order valence-electron chi connectivity index (χ0n) is 4.06. The van der Waals surface area contributed by atoms with Gasteiger partial charge in [-0.05, 0) is 35.6 Å². The van der Waals surface area contributed by atoms with Gasteiger partial charge in [-0.15, -0.1) is 0 Å². The van der Waals surface area contributed by atoms with E-state index in [-0.39, 0.29) is 0 Å². The maximum atomic E-state index is 4.09. The van der Waals surface area contributed by atoms with Gasteiger partial charge in [-0.1, -0.05) is 0 Å². The van der Waals surface area contributed by atoms with Crippen molar-refractivity contribution in [3.63, 3.8) is 0 Å². The Kier molecular flexibility index (Phi) is 1.46. The van der Waals surface area contributed by atoms with Crippen LogP contribution in [0, 0.1) is 0 Å². The first kappa shape index (κ1) is 5.28. The number of hydrogen-bond donors (Lipinski definition) is 0. The number of rotatable bonds is 0. The largest absolute Gasteiger partial charge is 0.285 e. The minimum Gasteiger partial charge on any atom is -0.285 e. The molecule has 0 radical (unpaired) electrons. The molecule has 0 amide bonds. The molecule has 0 fully saturated rings. The van der Waals surface area contributed by atoms with Gasteiger partial charge in [-0.25, -0.2) is 0 Å². The van der Waals surface area contributed by atoms with E-state index in [1.807, 2.05) is 12.3 Å². The van der Waals surface area contributed by atoms with Gasteiger partial charge in [0, 0.05) is 9.79 Å². The summed E-state index contributed by atoms with van der Waals surface area (Å²) < 4.78 is 1.33. The average molecular weight is 207 g/mol. The van der Waals surface area contributed by atoms with Crippen LogP contribution in [0.3, 0.4) is 0 Å². The first-order valence-electron chi connectivity index (χ1n) is 2.19. The second kappa shape index (κ2) is 1.94. The van der Waals surface area contributed by atoms with E-state index in [0.717, 1.165) is 0 Å². The van der Waals surface area contributed by atoms with Crippen LogP contribution in [0.15, 0.2) is 14.6 Å². The summed E-state index contributed by atoms with van der Waals surface area (Å²) in [4.78, 5) is 4.09. The predicted molar refractivity (Wildman–Crippen MR) is 40.1 cm³/mol. The third-order valence-electron chi connectivity index (χ3n) is 0.943. The lowest BCUT2D eigenvalue weighted by molar-refractivity contribution is 0.944. The molecule has 1 heterocycles. The van der Waals surface area contributed by atoms with Crippen LogP contribution in [-0.4, -0.2) is 12.3 Å². The fourth-order valence-electron chi connectivity index (χ4n) is 0.454. The van der Waals surface area contributed by atoms with Gasteiger partial charge >= 0.3 is 0 Å². The number of halogens is 1. The van der Waals surface area contributed by atoms with Gasteiger partial charge < -0.3 is 0 Å². The first-order chi connectivity index (χ1) is 3.30. The van der Waals surface area contributed by atoms with E-state index in [9.17, 15) is 0 Å². The van der Waals surface area contributed by atoms with Crippen molar-refractivity contribution < 1.29 is 0 Å². The molecule has 1 aliphatic heterocycles. The second-order valence-electron chi connectivity index (χ2n) is 1.53. The van der Waals surface area contributed by atoms with Crippen molar-refractivity contribution in [2.45, 2.75) is 13.0 Å². The van der Waals surface area contributed by atoms with Crippen molar-refractivity contribution in [2.24, 2.45) is 4.99 Å². The summed E-state index contributed by atoms with van der Waals surface area (Å²) in [6.07, 6.45) is 3.89. The fourth-order valence-corrected chi connectivity index (χ4v) is 0.775. The quantitative estimate of drug-likeness (QED) is 0.537. The van der Waals surface area contributed by atoms with Crippen LogP contribution in [0.5, 0.6) is 0 Å². The Balaban J connectivity index is 2.69. The molecule has 1 unspecified atom stereocenters. The monoisotopic (exact) mass is 207 g/mol. The Labute approximate surface area is 56.7 Å². The van der Waals surface area contributed by atoms with Gasteiger partial charge in [0.25, 0.3) is 0 Å². The van der Waals surface area contributed by atoms with Gasteiger partial charge in [0.15, 0.2) is 0 Å². The topological polar surface area (TPSA) is 12.4 Å². The molecule has 0 aromatic heterocycles. The van der Waals surface area contributed by atoms with E-state index in [0.29, 0.717) is 6.04 Å². The number of nitrogens with zero attached hydrogens (tertiary/aromatic N) is 1. The smallest absolute Gasteiger partial charge is 0.0778 e. The highest BCUT2D eigenvalue weighted by Gasteiger charge is 2.04. The molecule has 0 N–H and O–H groups in total. The minimum atomic E-state index is 0.431. The van der Waals surface area contributed by atoms with Crippen LogP contribution in [0.2, 0.25) is 0 Å². The molecule has 38 valence electrons. The zero-order chi connectivity index (χ0) is 5.28. The highest BCUT2D eigenvalue weighted by Crippen LogP contribution is 2.16. The Morgan fingerprint density at radius 2 is 2.57 bits per heavy atom. The maximum absolute atomic E-state index is 4.09. The molecule has 7 heavy (non-hydrogen) atoms. The molecule has 1 atom stereocenters. The Bertz CT molecular complexity index is 126. The lowest BCUT2D eigenvalue weighted by atomic mass is 10.4. The van der Waals surface area contributed by atoms with Crippen molar-refractivity contribution in [2.75, 3.05) is 0 Å². The molecular weight excluding hydrogens is 201 g/mol. The van der Waals surface area contributed by atoms with E-state index in [1.165, 1.54) is 3.58 Å². The van der Waals surface area contributed by atoms with Gasteiger partial charge in [-0.2, -0.15) is 0 Å². The van der Waals surface area contributed by atoms with Crippen LogP contribution < -0.4 is 0 Å². The van der Waals surface area contributed by atoms with Crippen molar-refractivity contribution in [3.8, 4) is 0 Å². The van der Waals surface area contributed by atoms with Crippen molar-refractivity contribution in [3.05, 3.63) is 9.66 Å². The molecule has 0 saturated carbocycles. The summed E-state index contributed by atoms with van der Waals surface area (Å²) in [6.45, 7) is 2.09. The number of allylic oxidation sites excluding steroid dienone is 1. The van der Waals surface area contributed by atoms with Gasteiger partial charge in [0.05, 0.1) is 6.04 Å². The molecule has 1 aliphatic rings. The van der Waals surface area contributed by atoms with Crippen LogP contribution in [0.25, 0.3) is 0 Å². The zero-order valence-corrected chi connectivity index (χ0v) is 6.21. The second-order valence-corrected chi connectivity index (χ2v) is 2.77. The molecule has 0 bridgehead atoms. The predicted octanol–water partition coefficient (Wildman–Crippen LogP) is 1.78. The first-order valence-corrected chi connectivity index (χ1v) is 3.27. The summed E-state index contributed by atoms with van der Waals surface area (Å²) in [7, 11) is 0. The lowest BCUT2D eigenvalue weighted by Gasteiger charge is -1.93. The Morgan fingerprint density at radius 3 is 2.71 bits per heavy atom. The van der Waals surface area contributed by atoms with E-state index in [1.54, 1.807) is 0 Å². The number of hydrogen-bond acceptors (Lipinski definition) is 1. The summed E-state index contributed by atoms with van der Waals surface area (Å²) in [5.41, 5.74) is 0. The molecule has 0 aliphatic carbocycles. The summed E-state index contributed by atoms with van der Waals surface area (Å²) >= 11 is 2.29. The van der Waals surface area contributed by atoms with Crippen molar-refractivity contribution in [1.82, 2.24) is 0 Å². The van der Waals surface area contributed by atoms with E-state index in [4.69, 9.17) is 0 Å². The Morgan fingerprint density at radius 1 is 1.86 bits per heavy atom. The molecule has 2 heteroatoms. The average Bonchev–Trinajstić information content (AvgIpc) is 1.91. The standard InChI is InChI=1S/C5H6IN/c1-4-5(6)2-3-7-4/h2-4H,1H3. The summed E-state index contributed by atoms with van der Waals surface area (Å²) in [5, 5.41) is 0. The van der Waals surface area contributed by atoms with Crippen LogP contribution >= 0.6 is 22.6 Å². The molecule has 0 aromatic rings. The van der Waals surface area contributed by atoms with E-state index < -0.39 is 0 Å². The SMILES string of the molecule is CC1N=CC=C1I. The summed E-state index contributed by atoms with van der Waals surface area (Å²) in [5.74, 6) is 0. The van der Waals surface area contributed by atoms with Crippen molar-refractivity contribution in [1.29, 1.82) is 0 Å². The van der Waals surface area contributed by atoms with Crippen LogP contribution in [0.4, 0.5) is 0 Å². The van der Waals surface area contributed by atoms with Crippen LogP contribution in [-0.2, 0) is 0 Å². The highest BCUT2D eigenvalue weighted by atomic mass is 127. The number of aliphatic imine (C=N–C) groups is 1. The van der Waals surface area contributed by atoms with Gasteiger partial charge in [0.2, 0.25) is 0 Å². The third kappa shape index (κ3) is 1.02.